The molecule has 0 radical (unpaired) electrons. The van der Waals surface area contributed by atoms with Crippen LogP contribution in [0.25, 0.3) is 0 Å². The van der Waals surface area contributed by atoms with E-state index < -0.39 is 19.7 Å². The molecular weight excluding hydrogens is 745 g/mol. The van der Waals surface area contributed by atoms with Crippen LogP contribution >= 0.6 is 0 Å². The molecule has 284 valence electrons. The summed E-state index contributed by atoms with van der Waals surface area (Å²) in [5.41, 5.74) is 10.7. The molecule has 0 atom stereocenters. The molecule has 2 heterocycles. The lowest BCUT2D eigenvalue weighted by atomic mass is 9.67. The lowest BCUT2D eigenvalue weighted by Gasteiger charge is -2.48. The Morgan fingerprint density at radius 3 is 1.07 bits per heavy atom. The number of hydrogen-bond acceptors (Lipinski definition) is 6. The van der Waals surface area contributed by atoms with E-state index >= 15 is 0 Å². The molecule has 9 rings (SSSR count). The van der Waals surface area contributed by atoms with Gasteiger partial charge in [0.15, 0.2) is 0 Å². The third kappa shape index (κ3) is 5.57. The number of anilines is 6. The molecule has 0 bridgehead atoms. The van der Waals surface area contributed by atoms with E-state index in [1.165, 1.54) is 11.1 Å². The minimum atomic E-state index is -3.72. The molecule has 8 heteroatoms. The first-order valence-electron chi connectivity index (χ1n) is 19.0. The second-order valence-corrected chi connectivity index (χ2v) is 19.8. The van der Waals surface area contributed by atoms with Gasteiger partial charge < -0.3 is 9.80 Å². The van der Waals surface area contributed by atoms with Gasteiger partial charge in [0.05, 0.1) is 42.3 Å². The van der Waals surface area contributed by atoms with Crippen LogP contribution in [0.1, 0.15) is 55.5 Å². The topological polar surface area (TPSA) is 74.8 Å². The molecular formula is C49H42N2O4S2. The minimum Gasteiger partial charge on any atom is -0.310 e. The summed E-state index contributed by atoms with van der Waals surface area (Å²) >= 11 is 0. The number of rotatable bonds is 6. The van der Waals surface area contributed by atoms with E-state index in [1.807, 2.05) is 48.5 Å². The summed E-state index contributed by atoms with van der Waals surface area (Å²) < 4.78 is 54.6. The van der Waals surface area contributed by atoms with Crippen molar-refractivity contribution < 1.29 is 16.8 Å². The predicted molar refractivity (Wildman–Crippen MR) is 229 cm³/mol. The third-order valence-electron chi connectivity index (χ3n) is 11.9. The van der Waals surface area contributed by atoms with Crippen molar-refractivity contribution in [1.29, 1.82) is 0 Å². The Bertz CT molecular complexity index is 2730. The lowest BCUT2D eigenvalue weighted by molar-refractivity contribution is 0.594. The van der Waals surface area contributed by atoms with Crippen molar-refractivity contribution in [3.63, 3.8) is 0 Å². The molecule has 0 aromatic heterocycles. The van der Waals surface area contributed by atoms with E-state index in [4.69, 9.17) is 0 Å². The summed E-state index contributed by atoms with van der Waals surface area (Å²) in [6, 6.07) is 50.7. The fraction of sp³-hybridized carbons (Fsp3) is 0.143. The van der Waals surface area contributed by atoms with Gasteiger partial charge in [-0.15, -0.1) is 0 Å². The van der Waals surface area contributed by atoms with Gasteiger partial charge in [-0.1, -0.05) is 100 Å². The zero-order valence-corrected chi connectivity index (χ0v) is 34.1. The summed E-state index contributed by atoms with van der Waals surface area (Å²) in [5.74, 6) is 0. The van der Waals surface area contributed by atoms with Gasteiger partial charge in [0.1, 0.15) is 0 Å². The Morgan fingerprint density at radius 2 is 0.702 bits per heavy atom. The SMILES string of the molecule is Cc1c2c(cc3c1N(c1ccc(S(=O)(=O)c4ccccc4)cc1)c1ccccc1C3(C)C)C(C)(C)c1ccccc1N2c1ccc(S(=O)(=O)c2ccccc2)cc1. The van der Waals surface area contributed by atoms with Gasteiger partial charge in [-0.3, -0.25) is 0 Å². The molecule has 0 aliphatic carbocycles. The fourth-order valence-corrected chi connectivity index (χ4v) is 11.4. The lowest BCUT2D eigenvalue weighted by Crippen LogP contribution is -2.36. The standard InChI is InChI=1S/C49H42N2O4S2/c1-33-46-42(48(2,3)40-20-12-14-22-44(40)50(46)34-24-28-38(29-25-34)56(52,53)36-16-8-6-9-17-36)32-43-47(33)51(45-23-15-13-21-41(45)49(43,4)5)35-26-30-39(31-27-35)57(54,55)37-18-10-7-11-19-37/h6-32H,1-5H3. The Kier molecular flexibility index (Phi) is 8.39. The first-order valence-corrected chi connectivity index (χ1v) is 22.0. The Labute approximate surface area is 335 Å². The van der Waals surface area contributed by atoms with Crippen molar-refractivity contribution in [1.82, 2.24) is 0 Å². The number of hydrogen-bond donors (Lipinski definition) is 0. The van der Waals surface area contributed by atoms with Crippen LogP contribution in [0.5, 0.6) is 0 Å². The summed E-state index contributed by atoms with van der Waals surface area (Å²) in [6.45, 7) is 11.3. The highest BCUT2D eigenvalue weighted by molar-refractivity contribution is 7.91. The Hall–Kier alpha value is -5.96. The highest BCUT2D eigenvalue weighted by Crippen LogP contribution is 2.60. The predicted octanol–water partition coefficient (Wildman–Crippen LogP) is 11.9. The molecule has 0 fully saturated rings. The highest BCUT2D eigenvalue weighted by atomic mass is 32.2. The molecule has 7 aromatic carbocycles. The van der Waals surface area contributed by atoms with Gasteiger partial charge in [-0.2, -0.15) is 0 Å². The van der Waals surface area contributed by atoms with Crippen LogP contribution in [0, 0.1) is 6.92 Å². The summed E-state index contributed by atoms with van der Waals surface area (Å²) in [7, 11) is -7.43. The summed E-state index contributed by atoms with van der Waals surface area (Å²) in [5, 5.41) is 0. The van der Waals surface area contributed by atoms with Crippen molar-refractivity contribution in [3.05, 3.63) is 192 Å². The molecule has 2 aliphatic heterocycles. The molecule has 6 nitrogen and oxygen atoms in total. The van der Waals surface area contributed by atoms with Crippen molar-refractivity contribution in [2.75, 3.05) is 9.80 Å². The van der Waals surface area contributed by atoms with Gasteiger partial charge in [0, 0.05) is 22.2 Å². The first kappa shape index (κ1) is 36.7. The largest absolute Gasteiger partial charge is 0.310 e. The maximum Gasteiger partial charge on any atom is 0.206 e. The molecule has 2 aliphatic rings. The van der Waals surface area contributed by atoms with Crippen LogP contribution in [0.3, 0.4) is 0 Å². The van der Waals surface area contributed by atoms with E-state index in [-0.39, 0.29) is 30.4 Å². The van der Waals surface area contributed by atoms with Crippen molar-refractivity contribution in [3.8, 4) is 0 Å². The molecule has 0 saturated heterocycles. The quantitative estimate of drug-likeness (QED) is 0.167. The van der Waals surface area contributed by atoms with Crippen LogP contribution in [0.15, 0.2) is 183 Å². The smallest absolute Gasteiger partial charge is 0.206 e. The van der Waals surface area contributed by atoms with Crippen LogP contribution < -0.4 is 9.80 Å². The van der Waals surface area contributed by atoms with Crippen LogP contribution in [0.2, 0.25) is 0 Å². The van der Waals surface area contributed by atoms with Crippen LogP contribution in [-0.2, 0) is 30.5 Å². The number of para-hydroxylation sites is 2. The van der Waals surface area contributed by atoms with Gasteiger partial charge in [0.2, 0.25) is 19.7 Å². The van der Waals surface area contributed by atoms with Crippen molar-refractivity contribution in [2.24, 2.45) is 0 Å². The van der Waals surface area contributed by atoms with Gasteiger partial charge in [0.25, 0.3) is 0 Å². The first-order chi connectivity index (χ1) is 27.2. The number of benzene rings is 7. The van der Waals surface area contributed by atoms with Crippen LogP contribution in [0.4, 0.5) is 34.1 Å². The van der Waals surface area contributed by atoms with Gasteiger partial charge in [-0.05, 0) is 126 Å². The van der Waals surface area contributed by atoms with E-state index in [0.29, 0.717) is 0 Å². The maximum atomic E-state index is 13.6. The average molecular weight is 787 g/mol. The minimum absolute atomic E-state index is 0.229. The molecule has 0 spiro atoms. The molecule has 0 unspecified atom stereocenters. The fourth-order valence-electron chi connectivity index (χ4n) is 8.81. The number of fused-ring (bicyclic) bond motifs is 4. The third-order valence-corrected chi connectivity index (χ3v) is 15.4. The normalized spacial score (nSPS) is 15.2. The van der Waals surface area contributed by atoms with Crippen molar-refractivity contribution >= 4 is 53.8 Å². The Morgan fingerprint density at radius 1 is 0.386 bits per heavy atom. The van der Waals surface area contributed by atoms with E-state index in [9.17, 15) is 16.8 Å². The summed E-state index contributed by atoms with van der Waals surface area (Å²) in [4.78, 5) is 5.51. The zero-order chi connectivity index (χ0) is 39.9. The number of sulfone groups is 2. The molecule has 0 amide bonds. The molecule has 57 heavy (non-hydrogen) atoms. The Balaban J connectivity index is 1.26. The summed E-state index contributed by atoms with van der Waals surface area (Å²) in [6.07, 6.45) is 0. The average Bonchev–Trinajstić information content (AvgIpc) is 3.23. The zero-order valence-electron chi connectivity index (χ0n) is 32.4. The van der Waals surface area contributed by atoms with Gasteiger partial charge >= 0.3 is 0 Å². The molecule has 0 N–H and O–H groups in total. The van der Waals surface area contributed by atoms with Crippen molar-refractivity contribution in [2.45, 2.75) is 65.0 Å². The maximum absolute atomic E-state index is 13.6. The number of nitrogens with zero attached hydrogens (tertiary/aromatic N) is 2. The van der Waals surface area contributed by atoms with E-state index in [2.05, 4.69) is 86.9 Å². The van der Waals surface area contributed by atoms with Crippen LogP contribution in [-0.4, -0.2) is 16.8 Å². The van der Waals surface area contributed by atoms with E-state index in [0.717, 1.165) is 50.8 Å². The van der Waals surface area contributed by atoms with Gasteiger partial charge in [-0.25, -0.2) is 16.8 Å². The van der Waals surface area contributed by atoms with E-state index in [1.54, 1.807) is 72.8 Å². The second kappa shape index (κ2) is 13.0. The highest BCUT2D eigenvalue weighted by Gasteiger charge is 2.44. The molecule has 7 aromatic rings. The second-order valence-electron chi connectivity index (χ2n) is 15.9. The monoisotopic (exact) mass is 786 g/mol. The molecule has 0 saturated carbocycles.